The van der Waals surface area contributed by atoms with Crippen LogP contribution in [-0.2, 0) is 16.1 Å². The lowest BCUT2D eigenvalue weighted by molar-refractivity contribution is -0.123. The summed E-state index contributed by atoms with van der Waals surface area (Å²) >= 11 is 0. The number of benzene rings is 1. The minimum Gasteiger partial charge on any atom is -0.446 e. The second-order valence-electron chi connectivity index (χ2n) is 4.50. The molecule has 0 aliphatic heterocycles. The lowest BCUT2D eigenvalue weighted by Gasteiger charge is -2.21. The van der Waals surface area contributed by atoms with Crippen molar-refractivity contribution in [1.82, 2.24) is 5.32 Å². The zero-order valence-electron chi connectivity index (χ0n) is 10.2. The van der Waals surface area contributed by atoms with Crippen LogP contribution in [-0.4, -0.2) is 18.0 Å². The maximum atomic E-state index is 11.5. The van der Waals surface area contributed by atoms with Crippen LogP contribution >= 0.6 is 0 Å². The maximum Gasteiger partial charge on any atom is 0.407 e. The summed E-state index contributed by atoms with van der Waals surface area (Å²) in [5.41, 5.74) is 1.02. The Hall–Kier alpha value is -1.84. The predicted molar refractivity (Wildman–Crippen MR) is 67.0 cm³/mol. The molecule has 0 aromatic heterocycles. The molecule has 1 amide bonds. The Kier molecular flexibility index (Phi) is 4.34. The zero-order valence-corrected chi connectivity index (χ0v) is 10.2. The average molecular weight is 247 g/mol. The molecule has 0 bridgehead atoms. The number of ether oxygens (including phenoxy) is 1. The molecule has 4 heteroatoms. The Morgan fingerprint density at radius 1 is 1.33 bits per heavy atom. The van der Waals surface area contributed by atoms with Gasteiger partial charge in [0.05, 0.1) is 0 Å². The highest BCUT2D eigenvalue weighted by atomic mass is 16.6. The third-order valence-corrected chi connectivity index (χ3v) is 2.99. The van der Waals surface area contributed by atoms with Crippen molar-refractivity contribution in [3.63, 3.8) is 0 Å². The quantitative estimate of drug-likeness (QED) is 0.892. The van der Waals surface area contributed by atoms with Gasteiger partial charge in [-0.25, -0.2) is 4.79 Å². The Bertz CT molecular complexity index is 416. The normalized spacial score (nSPS) is 19.3. The van der Waals surface area contributed by atoms with Crippen LogP contribution in [0.25, 0.3) is 0 Å². The van der Waals surface area contributed by atoms with Crippen LogP contribution < -0.4 is 5.32 Å². The summed E-state index contributed by atoms with van der Waals surface area (Å²) in [6.45, 7) is 0.445. The summed E-state index contributed by atoms with van der Waals surface area (Å²) in [4.78, 5) is 22.8. The number of amides is 1. The van der Waals surface area contributed by atoms with Crippen molar-refractivity contribution in [1.29, 1.82) is 0 Å². The van der Waals surface area contributed by atoms with Gasteiger partial charge in [-0.05, 0) is 18.4 Å². The lowest BCUT2D eigenvalue weighted by atomic mass is 9.97. The smallest absolute Gasteiger partial charge is 0.407 e. The Morgan fingerprint density at radius 3 is 2.83 bits per heavy atom. The van der Waals surface area contributed by atoms with Gasteiger partial charge in [0.25, 0.3) is 0 Å². The molecular weight excluding hydrogens is 230 g/mol. The highest BCUT2D eigenvalue weighted by Crippen LogP contribution is 2.17. The van der Waals surface area contributed by atoms with E-state index < -0.39 is 6.09 Å². The summed E-state index contributed by atoms with van der Waals surface area (Å²) in [5.74, 6) is 0.183. The maximum absolute atomic E-state index is 11.5. The summed E-state index contributed by atoms with van der Waals surface area (Å²) < 4.78 is 5.21. The van der Waals surface area contributed by atoms with Crippen molar-refractivity contribution in [2.75, 3.05) is 0 Å². The van der Waals surface area contributed by atoms with E-state index in [0.29, 0.717) is 19.4 Å². The number of nitrogens with one attached hydrogen (secondary N) is 1. The van der Waals surface area contributed by atoms with Crippen LogP contribution in [0.2, 0.25) is 0 Å². The minimum absolute atomic E-state index is 0.183. The zero-order chi connectivity index (χ0) is 12.8. The second-order valence-corrected chi connectivity index (χ2v) is 4.50. The summed E-state index contributed by atoms with van der Waals surface area (Å²) in [5, 5.41) is 2.69. The third kappa shape index (κ3) is 3.87. The molecule has 96 valence electrons. The molecule has 1 aliphatic carbocycles. The van der Waals surface area contributed by atoms with Crippen molar-refractivity contribution >= 4 is 11.9 Å². The van der Waals surface area contributed by atoms with Crippen LogP contribution in [0.3, 0.4) is 0 Å². The van der Waals surface area contributed by atoms with Crippen LogP contribution in [0.5, 0.6) is 0 Å². The molecule has 1 fully saturated rings. The molecule has 1 saturated carbocycles. The molecule has 1 atom stereocenters. The number of carbonyl (C=O) groups excluding carboxylic acids is 2. The molecule has 0 saturated heterocycles. The third-order valence-electron chi connectivity index (χ3n) is 2.99. The van der Waals surface area contributed by atoms with E-state index in [1.54, 1.807) is 0 Å². The van der Waals surface area contributed by atoms with Gasteiger partial charge in [-0.1, -0.05) is 30.3 Å². The summed E-state index contributed by atoms with van der Waals surface area (Å²) in [6, 6.07) is 9.63. The van der Waals surface area contributed by atoms with Gasteiger partial charge in [-0.3, -0.25) is 4.79 Å². The van der Waals surface area contributed by atoms with Crippen molar-refractivity contribution in [2.45, 2.75) is 38.3 Å². The van der Waals surface area contributed by atoms with Gasteiger partial charge < -0.3 is 10.1 Å². The van der Waals surface area contributed by atoms with Crippen LogP contribution in [0.15, 0.2) is 30.3 Å². The fourth-order valence-electron chi connectivity index (χ4n) is 2.05. The predicted octanol–water partition coefficient (Wildman–Crippen LogP) is 2.42. The summed E-state index contributed by atoms with van der Waals surface area (Å²) in [6.07, 6.45) is 1.88. The van der Waals surface area contributed by atoms with E-state index in [1.165, 1.54) is 0 Å². The molecule has 0 spiro atoms. The van der Waals surface area contributed by atoms with E-state index in [1.807, 2.05) is 30.3 Å². The van der Waals surface area contributed by atoms with Crippen molar-refractivity contribution in [3.05, 3.63) is 35.9 Å². The Balaban J connectivity index is 1.73. The first-order chi connectivity index (χ1) is 8.74. The molecular formula is C14H17NO3. The Labute approximate surface area is 106 Å². The molecule has 0 heterocycles. The molecule has 0 radical (unpaired) electrons. The van der Waals surface area contributed by atoms with Crippen molar-refractivity contribution in [2.24, 2.45) is 0 Å². The van der Waals surface area contributed by atoms with E-state index in [2.05, 4.69) is 5.32 Å². The fraction of sp³-hybridized carbons (Fsp3) is 0.429. The van der Waals surface area contributed by atoms with Gasteiger partial charge in [-0.2, -0.15) is 0 Å². The van der Waals surface area contributed by atoms with E-state index in [-0.39, 0.29) is 11.9 Å². The number of hydrogen-bond acceptors (Lipinski definition) is 3. The minimum atomic E-state index is -0.446. The van der Waals surface area contributed by atoms with Gasteiger partial charge >= 0.3 is 6.09 Å². The van der Waals surface area contributed by atoms with Crippen molar-refractivity contribution in [3.8, 4) is 0 Å². The van der Waals surface area contributed by atoms with Crippen molar-refractivity contribution < 1.29 is 14.3 Å². The second kappa shape index (κ2) is 6.19. The molecule has 1 N–H and O–H groups in total. The first kappa shape index (κ1) is 12.6. The number of Topliss-reactive ketones (excluding diaryl/α,β-unsaturated/α-hetero) is 1. The molecule has 1 aliphatic rings. The molecule has 2 rings (SSSR count). The number of alkyl carbamates (subject to hydrolysis) is 1. The number of carbonyl (C=O) groups is 2. The van der Waals surface area contributed by atoms with Gasteiger partial charge in [-0.15, -0.1) is 0 Å². The van der Waals surface area contributed by atoms with E-state index in [9.17, 15) is 9.59 Å². The SMILES string of the molecule is O=C1CCCC(OC(=O)NCc2ccccc2)C1. The summed E-state index contributed by atoms with van der Waals surface area (Å²) in [7, 11) is 0. The fourth-order valence-corrected chi connectivity index (χ4v) is 2.05. The largest absolute Gasteiger partial charge is 0.446 e. The average Bonchev–Trinajstić information content (AvgIpc) is 2.38. The van der Waals surface area contributed by atoms with E-state index in [4.69, 9.17) is 4.74 Å². The van der Waals surface area contributed by atoms with Crippen LogP contribution in [0, 0.1) is 0 Å². The first-order valence-corrected chi connectivity index (χ1v) is 6.24. The molecule has 1 unspecified atom stereocenters. The highest BCUT2D eigenvalue weighted by molar-refractivity contribution is 5.80. The monoisotopic (exact) mass is 247 g/mol. The van der Waals surface area contributed by atoms with Gasteiger partial charge in [0.1, 0.15) is 11.9 Å². The standard InChI is InChI=1S/C14H17NO3/c16-12-7-4-8-13(9-12)18-14(17)15-10-11-5-2-1-3-6-11/h1-3,5-6,13H,4,7-10H2,(H,15,17). The Morgan fingerprint density at radius 2 is 2.11 bits per heavy atom. The number of rotatable bonds is 3. The topological polar surface area (TPSA) is 55.4 Å². The molecule has 18 heavy (non-hydrogen) atoms. The lowest BCUT2D eigenvalue weighted by Crippen LogP contribution is -2.31. The van der Waals surface area contributed by atoms with Gasteiger partial charge in [0.15, 0.2) is 0 Å². The van der Waals surface area contributed by atoms with Crippen LogP contribution in [0.4, 0.5) is 4.79 Å². The molecule has 1 aromatic carbocycles. The van der Waals surface area contributed by atoms with Gasteiger partial charge in [0.2, 0.25) is 0 Å². The highest BCUT2D eigenvalue weighted by Gasteiger charge is 2.22. The first-order valence-electron chi connectivity index (χ1n) is 6.24. The molecule has 4 nitrogen and oxygen atoms in total. The molecule has 1 aromatic rings. The van der Waals surface area contributed by atoms with Crippen LogP contribution in [0.1, 0.15) is 31.2 Å². The van der Waals surface area contributed by atoms with E-state index >= 15 is 0 Å². The van der Waals surface area contributed by atoms with Gasteiger partial charge in [0, 0.05) is 19.4 Å². The number of hydrogen-bond donors (Lipinski definition) is 1. The van der Waals surface area contributed by atoms with E-state index in [0.717, 1.165) is 18.4 Å². The number of ketones is 1.